The Bertz CT molecular complexity index is 782. The number of rotatable bonds is 1. The Kier molecular flexibility index (Phi) is 2.83. The smallest absolute Gasteiger partial charge is 0.284 e. The molecule has 1 aliphatic heterocycles. The third kappa shape index (κ3) is 2.13. The van der Waals surface area contributed by atoms with Crippen molar-refractivity contribution in [3.8, 4) is 5.75 Å². The Labute approximate surface area is 114 Å². The lowest BCUT2D eigenvalue weighted by Gasteiger charge is -2.03. The number of fused-ring (bicyclic) bond motifs is 1. The summed E-state index contributed by atoms with van der Waals surface area (Å²) in [5, 5.41) is 10.1. The maximum atomic E-state index is 11.9. The molecule has 0 saturated heterocycles. The monoisotopic (exact) mass is 291 g/mol. The van der Waals surface area contributed by atoms with Crippen molar-refractivity contribution in [2.75, 3.05) is 0 Å². The molecule has 1 heterocycles. The Morgan fingerprint density at radius 3 is 2.47 bits per heavy atom. The number of phenolic OH excluding ortho intramolecular Hbond substituents is 1. The molecule has 6 heteroatoms. The van der Waals surface area contributed by atoms with Gasteiger partial charge in [0.05, 0.1) is 9.79 Å². The first-order valence-corrected chi connectivity index (χ1v) is 7.74. The summed E-state index contributed by atoms with van der Waals surface area (Å²) in [5.74, 6) is 0.108. The second-order valence-corrected chi connectivity index (χ2v) is 6.54. The second-order valence-electron chi connectivity index (χ2n) is 3.94. The van der Waals surface area contributed by atoms with Gasteiger partial charge in [0.25, 0.3) is 10.0 Å². The Hall–Kier alpha value is -1.79. The van der Waals surface area contributed by atoms with Crippen molar-refractivity contribution in [2.24, 2.45) is 4.40 Å². The van der Waals surface area contributed by atoms with E-state index in [-0.39, 0.29) is 10.6 Å². The predicted octanol–water partition coefficient (Wildman–Crippen LogP) is 2.63. The highest BCUT2D eigenvalue weighted by atomic mass is 32.2. The predicted molar refractivity (Wildman–Crippen MR) is 74.1 cm³/mol. The highest BCUT2D eigenvalue weighted by molar-refractivity contribution is 8.15. The van der Waals surface area contributed by atoms with Crippen molar-refractivity contribution in [1.29, 1.82) is 0 Å². The third-order valence-corrected chi connectivity index (χ3v) is 5.19. The van der Waals surface area contributed by atoms with E-state index in [1.54, 1.807) is 42.5 Å². The van der Waals surface area contributed by atoms with Gasteiger partial charge < -0.3 is 5.11 Å². The number of sulfonamides is 1. The van der Waals surface area contributed by atoms with Crippen LogP contribution in [-0.2, 0) is 10.0 Å². The summed E-state index contributed by atoms with van der Waals surface area (Å²) in [6.07, 6.45) is 0. The third-order valence-electron chi connectivity index (χ3n) is 2.67. The average Bonchev–Trinajstić information content (AvgIpc) is 2.65. The first-order chi connectivity index (χ1) is 9.08. The molecule has 1 N–H and O–H groups in total. The Balaban J connectivity index is 2.07. The molecular weight excluding hydrogens is 282 g/mol. The molecule has 0 saturated carbocycles. The number of hydrogen-bond acceptors (Lipinski definition) is 4. The number of benzene rings is 2. The van der Waals surface area contributed by atoms with Crippen LogP contribution in [-0.4, -0.2) is 18.6 Å². The van der Waals surface area contributed by atoms with Gasteiger partial charge in [-0.2, -0.15) is 12.8 Å². The van der Waals surface area contributed by atoms with Crippen LogP contribution in [0, 0.1) is 0 Å². The van der Waals surface area contributed by atoms with Gasteiger partial charge in [0.2, 0.25) is 0 Å². The first kappa shape index (κ1) is 12.3. The summed E-state index contributed by atoms with van der Waals surface area (Å²) in [7, 11) is -3.60. The van der Waals surface area contributed by atoms with Crippen molar-refractivity contribution in [3.63, 3.8) is 0 Å². The van der Waals surface area contributed by atoms with E-state index in [2.05, 4.69) is 4.40 Å². The van der Waals surface area contributed by atoms with Gasteiger partial charge in [0, 0.05) is 5.56 Å². The molecule has 2 aromatic carbocycles. The van der Waals surface area contributed by atoms with E-state index in [0.717, 1.165) is 11.8 Å². The zero-order valence-electron chi connectivity index (χ0n) is 9.65. The SMILES string of the molecule is O=S1(=O)N=C(Sc2ccccc2O)c2ccccc21. The highest BCUT2D eigenvalue weighted by Gasteiger charge is 2.29. The molecular formula is C13H9NO3S2. The van der Waals surface area contributed by atoms with Crippen LogP contribution >= 0.6 is 11.8 Å². The number of thioether (sulfide) groups is 1. The van der Waals surface area contributed by atoms with E-state index in [0.29, 0.717) is 15.5 Å². The van der Waals surface area contributed by atoms with Gasteiger partial charge in [-0.05, 0) is 18.2 Å². The lowest BCUT2D eigenvalue weighted by Crippen LogP contribution is -1.93. The van der Waals surface area contributed by atoms with E-state index in [1.807, 2.05) is 0 Å². The minimum atomic E-state index is -3.60. The molecule has 0 radical (unpaired) electrons. The molecule has 0 spiro atoms. The molecule has 0 aromatic heterocycles. The standard InChI is InChI=1S/C13H9NO3S2/c15-10-6-2-3-7-11(10)18-13-9-5-1-4-8-12(9)19(16,17)14-13/h1-8,15H. The van der Waals surface area contributed by atoms with Crippen molar-refractivity contribution in [3.05, 3.63) is 54.1 Å². The largest absolute Gasteiger partial charge is 0.507 e. The summed E-state index contributed by atoms with van der Waals surface area (Å²) in [5.41, 5.74) is 0.579. The number of nitrogens with zero attached hydrogens (tertiary/aromatic N) is 1. The Morgan fingerprint density at radius 1 is 1.00 bits per heavy atom. The Morgan fingerprint density at radius 2 is 1.68 bits per heavy atom. The summed E-state index contributed by atoms with van der Waals surface area (Å²) in [6, 6.07) is 13.4. The molecule has 4 nitrogen and oxygen atoms in total. The fourth-order valence-electron chi connectivity index (χ4n) is 1.80. The molecule has 0 unspecified atom stereocenters. The van der Waals surface area contributed by atoms with Gasteiger partial charge in [-0.3, -0.25) is 0 Å². The van der Waals surface area contributed by atoms with Gasteiger partial charge in [-0.1, -0.05) is 42.1 Å². The van der Waals surface area contributed by atoms with Crippen molar-refractivity contribution >= 4 is 26.8 Å². The zero-order valence-corrected chi connectivity index (χ0v) is 11.3. The van der Waals surface area contributed by atoms with E-state index in [1.165, 1.54) is 6.07 Å². The molecule has 19 heavy (non-hydrogen) atoms. The van der Waals surface area contributed by atoms with Crippen LogP contribution in [0.5, 0.6) is 5.75 Å². The molecule has 0 fully saturated rings. The van der Waals surface area contributed by atoms with Gasteiger partial charge in [-0.25, -0.2) is 0 Å². The summed E-state index contributed by atoms with van der Waals surface area (Å²) >= 11 is 1.14. The zero-order chi connectivity index (χ0) is 13.5. The lowest BCUT2D eigenvalue weighted by molar-refractivity contribution is 0.462. The van der Waals surface area contributed by atoms with E-state index < -0.39 is 10.0 Å². The first-order valence-electron chi connectivity index (χ1n) is 5.48. The van der Waals surface area contributed by atoms with Crippen LogP contribution in [0.1, 0.15) is 5.56 Å². The van der Waals surface area contributed by atoms with Gasteiger partial charge in [-0.15, -0.1) is 0 Å². The fourth-order valence-corrected chi connectivity index (χ4v) is 4.23. The highest BCUT2D eigenvalue weighted by Crippen LogP contribution is 2.37. The van der Waals surface area contributed by atoms with Crippen molar-refractivity contribution in [1.82, 2.24) is 0 Å². The second kappa shape index (κ2) is 4.40. The van der Waals surface area contributed by atoms with Crippen LogP contribution < -0.4 is 0 Å². The maximum absolute atomic E-state index is 11.9. The molecule has 3 rings (SSSR count). The van der Waals surface area contributed by atoms with E-state index in [4.69, 9.17) is 0 Å². The fraction of sp³-hybridized carbons (Fsp3) is 0. The summed E-state index contributed by atoms with van der Waals surface area (Å²) in [4.78, 5) is 0.793. The van der Waals surface area contributed by atoms with Crippen LogP contribution in [0.2, 0.25) is 0 Å². The normalized spacial score (nSPS) is 15.9. The van der Waals surface area contributed by atoms with Crippen molar-refractivity contribution < 1.29 is 13.5 Å². The number of phenols is 1. The van der Waals surface area contributed by atoms with Crippen LogP contribution in [0.3, 0.4) is 0 Å². The van der Waals surface area contributed by atoms with Gasteiger partial charge >= 0.3 is 0 Å². The summed E-state index contributed by atoms with van der Waals surface area (Å²) < 4.78 is 27.5. The van der Waals surface area contributed by atoms with Gasteiger partial charge in [0.1, 0.15) is 10.8 Å². The molecule has 0 atom stereocenters. The van der Waals surface area contributed by atoms with Crippen LogP contribution in [0.15, 0.2) is 62.7 Å². The molecule has 0 bridgehead atoms. The minimum Gasteiger partial charge on any atom is -0.507 e. The molecule has 1 aliphatic rings. The van der Waals surface area contributed by atoms with Gasteiger partial charge in [0.15, 0.2) is 0 Å². The lowest BCUT2D eigenvalue weighted by atomic mass is 10.2. The molecule has 96 valence electrons. The number of para-hydroxylation sites is 1. The van der Waals surface area contributed by atoms with Crippen molar-refractivity contribution in [2.45, 2.75) is 9.79 Å². The number of aromatic hydroxyl groups is 1. The maximum Gasteiger partial charge on any atom is 0.284 e. The molecule has 0 amide bonds. The summed E-state index contributed by atoms with van der Waals surface area (Å²) in [6.45, 7) is 0. The topological polar surface area (TPSA) is 66.7 Å². The van der Waals surface area contributed by atoms with E-state index in [9.17, 15) is 13.5 Å². The van der Waals surface area contributed by atoms with E-state index >= 15 is 0 Å². The number of hydrogen-bond donors (Lipinski definition) is 1. The quantitative estimate of drug-likeness (QED) is 0.877. The molecule has 2 aromatic rings. The van der Waals surface area contributed by atoms with Crippen LogP contribution in [0.25, 0.3) is 0 Å². The van der Waals surface area contributed by atoms with Crippen LogP contribution in [0.4, 0.5) is 0 Å². The minimum absolute atomic E-state index is 0.108. The molecule has 0 aliphatic carbocycles. The average molecular weight is 291 g/mol.